The van der Waals surface area contributed by atoms with Gasteiger partial charge in [0, 0.05) is 25.7 Å². The van der Waals surface area contributed by atoms with Crippen molar-refractivity contribution in [3.63, 3.8) is 0 Å². The van der Waals surface area contributed by atoms with Crippen LogP contribution in [0.25, 0.3) is 0 Å². The highest BCUT2D eigenvalue weighted by Gasteiger charge is 2.25. The molecule has 1 heterocycles. The van der Waals surface area contributed by atoms with Gasteiger partial charge in [-0.15, -0.1) is 0 Å². The van der Waals surface area contributed by atoms with Crippen molar-refractivity contribution in [1.82, 2.24) is 10.3 Å². The van der Waals surface area contributed by atoms with E-state index in [1.807, 2.05) is 0 Å². The molecule has 2 rings (SSSR count). The van der Waals surface area contributed by atoms with E-state index in [0.717, 1.165) is 24.0 Å². The fourth-order valence-corrected chi connectivity index (χ4v) is 3.11. The number of nitrogens with one attached hydrogen (secondary N) is 1. The molecule has 112 valence electrons. The van der Waals surface area contributed by atoms with E-state index in [9.17, 15) is 0 Å². The molecule has 3 heteroatoms. The Morgan fingerprint density at radius 3 is 2.75 bits per heavy atom. The maximum atomic E-state index is 4.82. The van der Waals surface area contributed by atoms with Gasteiger partial charge < -0.3 is 10.2 Å². The molecule has 1 fully saturated rings. The monoisotopic (exact) mass is 275 g/mol. The Hall–Kier alpha value is -1.09. The Balaban J connectivity index is 2.05. The van der Waals surface area contributed by atoms with Crippen LogP contribution in [0.15, 0.2) is 18.2 Å². The van der Waals surface area contributed by atoms with Gasteiger partial charge in [-0.05, 0) is 30.9 Å². The van der Waals surface area contributed by atoms with Crippen molar-refractivity contribution in [2.45, 2.75) is 65.1 Å². The molecule has 0 saturated heterocycles. The van der Waals surface area contributed by atoms with Crippen molar-refractivity contribution in [2.24, 2.45) is 5.92 Å². The van der Waals surface area contributed by atoms with Gasteiger partial charge in [0.1, 0.15) is 5.82 Å². The molecule has 0 amide bonds. The third-order valence-electron chi connectivity index (χ3n) is 4.41. The summed E-state index contributed by atoms with van der Waals surface area (Å²) < 4.78 is 0. The van der Waals surface area contributed by atoms with Crippen LogP contribution in [0.5, 0.6) is 0 Å². The zero-order chi connectivity index (χ0) is 14.5. The van der Waals surface area contributed by atoms with Crippen LogP contribution in [0.4, 0.5) is 5.82 Å². The summed E-state index contributed by atoms with van der Waals surface area (Å²) in [5.41, 5.74) is 1.13. The quantitative estimate of drug-likeness (QED) is 0.890. The molecule has 1 aromatic rings. The minimum atomic E-state index is 0.497. The molecule has 0 bridgehead atoms. The van der Waals surface area contributed by atoms with Crippen LogP contribution < -0.4 is 10.2 Å². The number of hydrogen-bond donors (Lipinski definition) is 1. The second-order valence-corrected chi connectivity index (χ2v) is 6.46. The SMILES string of the molecule is CC(C)NCc1cccc(N(C)C2CCCCC2C)n1. The predicted octanol–water partition coefficient (Wildman–Crippen LogP) is 3.59. The smallest absolute Gasteiger partial charge is 0.128 e. The van der Waals surface area contributed by atoms with Gasteiger partial charge in [-0.1, -0.05) is 39.7 Å². The molecule has 0 aliphatic heterocycles. The van der Waals surface area contributed by atoms with E-state index in [1.165, 1.54) is 25.7 Å². The van der Waals surface area contributed by atoms with Crippen molar-refractivity contribution in [3.05, 3.63) is 23.9 Å². The van der Waals surface area contributed by atoms with E-state index < -0.39 is 0 Å². The maximum Gasteiger partial charge on any atom is 0.128 e. The number of anilines is 1. The standard InChI is InChI=1S/C17H29N3/c1-13(2)18-12-15-9-7-11-17(19-15)20(4)16-10-6-5-8-14(16)3/h7,9,11,13-14,16,18H,5-6,8,10,12H2,1-4H3. The van der Waals surface area contributed by atoms with Gasteiger partial charge in [-0.2, -0.15) is 0 Å². The van der Waals surface area contributed by atoms with E-state index in [0.29, 0.717) is 12.1 Å². The highest BCUT2D eigenvalue weighted by Crippen LogP contribution is 2.29. The van der Waals surface area contributed by atoms with E-state index in [-0.39, 0.29) is 0 Å². The average molecular weight is 275 g/mol. The van der Waals surface area contributed by atoms with Gasteiger partial charge >= 0.3 is 0 Å². The first-order chi connectivity index (χ1) is 9.58. The summed E-state index contributed by atoms with van der Waals surface area (Å²) in [6.45, 7) is 7.56. The Labute approximate surface area is 123 Å². The molecule has 0 spiro atoms. The van der Waals surface area contributed by atoms with Crippen molar-refractivity contribution in [3.8, 4) is 0 Å². The lowest BCUT2D eigenvalue weighted by molar-refractivity contribution is 0.320. The third kappa shape index (κ3) is 3.95. The predicted molar refractivity (Wildman–Crippen MR) is 86.0 cm³/mol. The zero-order valence-electron chi connectivity index (χ0n) is 13.4. The summed E-state index contributed by atoms with van der Waals surface area (Å²) in [6, 6.07) is 7.52. The molecule has 20 heavy (non-hydrogen) atoms. The van der Waals surface area contributed by atoms with Gasteiger partial charge in [-0.25, -0.2) is 4.98 Å². The normalized spacial score (nSPS) is 23.1. The lowest BCUT2D eigenvalue weighted by Crippen LogP contribution is -2.39. The third-order valence-corrected chi connectivity index (χ3v) is 4.41. The van der Waals surface area contributed by atoms with E-state index in [1.54, 1.807) is 0 Å². The lowest BCUT2D eigenvalue weighted by atomic mass is 9.85. The maximum absolute atomic E-state index is 4.82. The number of rotatable bonds is 5. The summed E-state index contributed by atoms with van der Waals surface area (Å²) >= 11 is 0. The molecule has 0 aromatic carbocycles. The highest BCUT2D eigenvalue weighted by atomic mass is 15.2. The summed E-state index contributed by atoms with van der Waals surface area (Å²) in [4.78, 5) is 7.21. The molecule has 1 N–H and O–H groups in total. The van der Waals surface area contributed by atoms with Crippen molar-refractivity contribution < 1.29 is 0 Å². The molecule has 1 aliphatic rings. The van der Waals surface area contributed by atoms with Crippen LogP contribution in [-0.4, -0.2) is 24.1 Å². The molecule has 1 aromatic heterocycles. The minimum absolute atomic E-state index is 0.497. The Bertz CT molecular complexity index is 416. The van der Waals surface area contributed by atoms with Crippen LogP contribution in [0, 0.1) is 5.92 Å². The van der Waals surface area contributed by atoms with E-state index in [2.05, 4.69) is 56.2 Å². The number of pyridine rings is 1. The van der Waals surface area contributed by atoms with Crippen molar-refractivity contribution in [1.29, 1.82) is 0 Å². The fourth-order valence-electron chi connectivity index (χ4n) is 3.11. The van der Waals surface area contributed by atoms with Crippen LogP contribution in [0.1, 0.15) is 52.1 Å². The first-order valence-electron chi connectivity index (χ1n) is 8.00. The molecule has 3 nitrogen and oxygen atoms in total. The second kappa shape index (κ2) is 7.07. The number of aromatic nitrogens is 1. The highest BCUT2D eigenvalue weighted by molar-refractivity contribution is 5.40. The van der Waals surface area contributed by atoms with Gasteiger partial charge in [0.25, 0.3) is 0 Å². The zero-order valence-corrected chi connectivity index (χ0v) is 13.4. The first kappa shape index (κ1) is 15.3. The largest absolute Gasteiger partial charge is 0.356 e. The summed E-state index contributed by atoms with van der Waals surface area (Å²) in [7, 11) is 2.20. The Morgan fingerprint density at radius 1 is 1.30 bits per heavy atom. The van der Waals surface area contributed by atoms with E-state index >= 15 is 0 Å². The second-order valence-electron chi connectivity index (χ2n) is 6.46. The Kier molecular flexibility index (Phi) is 5.41. The van der Waals surface area contributed by atoms with Crippen LogP contribution in [-0.2, 0) is 6.54 Å². The summed E-state index contributed by atoms with van der Waals surface area (Å²) in [5.74, 6) is 1.89. The molecular weight excluding hydrogens is 246 g/mol. The molecule has 2 unspecified atom stereocenters. The first-order valence-corrected chi connectivity index (χ1v) is 8.00. The van der Waals surface area contributed by atoms with Gasteiger partial charge in [0.05, 0.1) is 5.69 Å². The molecule has 2 atom stereocenters. The Morgan fingerprint density at radius 2 is 2.05 bits per heavy atom. The number of nitrogens with zero attached hydrogens (tertiary/aromatic N) is 2. The molecular formula is C17H29N3. The van der Waals surface area contributed by atoms with Gasteiger partial charge in [0.15, 0.2) is 0 Å². The molecule has 1 saturated carbocycles. The summed E-state index contributed by atoms with van der Waals surface area (Å²) in [6.07, 6.45) is 5.39. The number of hydrogen-bond acceptors (Lipinski definition) is 3. The average Bonchev–Trinajstić information content (AvgIpc) is 2.45. The van der Waals surface area contributed by atoms with Crippen LogP contribution >= 0.6 is 0 Å². The topological polar surface area (TPSA) is 28.2 Å². The summed E-state index contributed by atoms with van der Waals surface area (Å²) in [5, 5.41) is 3.44. The minimum Gasteiger partial charge on any atom is -0.356 e. The van der Waals surface area contributed by atoms with Crippen molar-refractivity contribution in [2.75, 3.05) is 11.9 Å². The van der Waals surface area contributed by atoms with Crippen molar-refractivity contribution >= 4 is 5.82 Å². The fraction of sp³-hybridized carbons (Fsp3) is 0.706. The van der Waals surface area contributed by atoms with E-state index in [4.69, 9.17) is 4.98 Å². The molecule has 0 radical (unpaired) electrons. The van der Waals surface area contributed by atoms with Crippen LogP contribution in [0.3, 0.4) is 0 Å². The van der Waals surface area contributed by atoms with Crippen LogP contribution in [0.2, 0.25) is 0 Å². The molecule has 1 aliphatic carbocycles. The van der Waals surface area contributed by atoms with Gasteiger partial charge in [-0.3, -0.25) is 0 Å². The lowest BCUT2D eigenvalue weighted by Gasteiger charge is -2.37. The van der Waals surface area contributed by atoms with Gasteiger partial charge in [0.2, 0.25) is 0 Å².